The van der Waals surface area contributed by atoms with Crippen LogP contribution in [0.3, 0.4) is 0 Å². The van der Waals surface area contributed by atoms with Gasteiger partial charge in [0.15, 0.2) is 0 Å². The maximum Gasteiger partial charge on any atom is 0.313 e. The number of esters is 1. The Morgan fingerprint density at radius 3 is 2.25 bits per heavy atom. The van der Waals surface area contributed by atoms with Crippen molar-refractivity contribution >= 4 is 17.7 Å². The summed E-state index contributed by atoms with van der Waals surface area (Å²) in [6, 6.07) is 7.11. The topological polar surface area (TPSA) is 101 Å². The van der Waals surface area contributed by atoms with Crippen molar-refractivity contribution < 1.29 is 29.3 Å². The molecule has 0 aromatic heterocycles. The quantitative estimate of drug-likeness (QED) is 0.634. The predicted octanol–water partition coefficient (Wildman–Crippen LogP) is 2.08. The fraction of sp³-hybridized carbons (Fsp3) is 0.500. The number of carboxylic acids is 1. The van der Waals surface area contributed by atoms with Gasteiger partial charge in [0.1, 0.15) is 12.4 Å². The number of rotatable bonds is 10. The van der Waals surface area contributed by atoms with Crippen molar-refractivity contribution in [2.24, 2.45) is 0 Å². The zero-order chi connectivity index (χ0) is 18.1. The van der Waals surface area contributed by atoms with Gasteiger partial charge >= 0.3 is 11.9 Å². The molecular formula is C18H24O6. The Bertz CT molecular complexity index is 561. The van der Waals surface area contributed by atoms with Crippen molar-refractivity contribution in [2.75, 3.05) is 6.61 Å². The molecular weight excluding hydrogens is 312 g/mol. The fourth-order valence-electron chi connectivity index (χ4n) is 2.14. The van der Waals surface area contributed by atoms with Crippen LogP contribution in [0.25, 0.3) is 0 Å². The minimum Gasteiger partial charge on any atom is -0.481 e. The molecule has 0 fully saturated rings. The largest absolute Gasteiger partial charge is 0.481 e. The van der Waals surface area contributed by atoms with Crippen LogP contribution < -0.4 is 0 Å². The smallest absolute Gasteiger partial charge is 0.313 e. The van der Waals surface area contributed by atoms with Crippen molar-refractivity contribution in [1.29, 1.82) is 0 Å². The highest BCUT2D eigenvalue weighted by atomic mass is 16.5. The number of hydrogen-bond donors (Lipinski definition) is 2. The van der Waals surface area contributed by atoms with E-state index in [4.69, 9.17) is 14.9 Å². The SMILES string of the molecule is CC(O)COC(=O)C(C)c1ccc(CC(=O)CCCC(=O)O)cc1. The second kappa shape index (κ2) is 9.82. The van der Waals surface area contributed by atoms with Crippen molar-refractivity contribution in [3.63, 3.8) is 0 Å². The van der Waals surface area contributed by atoms with Gasteiger partial charge in [-0.1, -0.05) is 24.3 Å². The van der Waals surface area contributed by atoms with Gasteiger partial charge in [-0.15, -0.1) is 0 Å². The fourth-order valence-corrected chi connectivity index (χ4v) is 2.14. The van der Waals surface area contributed by atoms with Crippen molar-refractivity contribution in [3.8, 4) is 0 Å². The van der Waals surface area contributed by atoms with Gasteiger partial charge in [0.05, 0.1) is 12.0 Å². The minimum absolute atomic E-state index is 0.00321. The monoisotopic (exact) mass is 336 g/mol. The molecule has 24 heavy (non-hydrogen) atoms. The third-order valence-electron chi connectivity index (χ3n) is 3.55. The molecule has 0 aliphatic heterocycles. The lowest BCUT2D eigenvalue weighted by Gasteiger charge is -2.13. The third-order valence-corrected chi connectivity index (χ3v) is 3.55. The Labute approximate surface area is 141 Å². The average Bonchev–Trinajstić information content (AvgIpc) is 2.52. The summed E-state index contributed by atoms with van der Waals surface area (Å²) in [6.45, 7) is 3.22. The standard InChI is InChI=1S/C18H24O6/c1-12(19)11-24-18(23)13(2)15-8-6-14(7-9-15)10-16(20)4-3-5-17(21)22/h6-9,12-13,19H,3-5,10-11H2,1-2H3,(H,21,22). The molecule has 6 nitrogen and oxygen atoms in total. The third kappa shape index (κ3) is 7.37. The molecule has 0 saturated heterocycles. The van der Waals surface area contributed by atoms with Crippen LogP contribution in [0.1, 0.15) is 50.2 Å². The van der Waals surface area contributed by atoms with E-state index in [0.29, 0.717) is 6.42 Å². The van der Waals surface area contributed by atoms with Gasteiger partial charge in [0, 0.05) is 19.3 Å². The highest BCUT2D eigenvalue weighted by Crippen LogP contribution is 2.18. The molecule has 1 rings (SSSR count). The van der Waals surface area contributed by atoms with E-state index in [-0.39, 0.29) is 31.7 Å². The highest BCUT2D eigenvalue weighted by molar-refractivity contribution is 5.81. The van der Waals surface area contributed by atoms with Crippen molar-refractivity contribution in [3.05, 3.63) is 35.4 Å². The zero-order valence-corrected chi connectivity index (χ0v) is 14.0. The molecule has 1 aromatic carbocycles. The molecule has 0 spiro atoms. The van der Waals surface area contributed by atoms with E-state index < -0.39 is 24.0 Å². The second-order valence-corrected chi connectivity index (χ2v) is 5.91. The van der Waals surface area contributed by atoms with Gasteiger partial charge < -0.3 is 14.9 Å². The summed E-state index contributed by atoms with van der Waals surface area (Å²) < 4.78 is 4.99. The molecule has 0 bridgehead atoms. The van der Waals surface area contributed by atoms with Crippen LogP contribution in [0.5, 0.6) is 0 Å². The Morgan fingerprint density at radius 1 is 1.08 bits per heavy atom. The zero-order valence-electron chi connectivity index (χ0n) is 14.0. The van der Waals surface area contributed by atoms with E-state index in [1.165, 1.54) is 0 Å². The number of ether oxygens (including phenoxy) is 1. The molecule has 0 aliphatic rings. The Balaban J connectivity index is 2.51. The van der Waals surface area contributed by atoms with Crippen LogP contribution in [-0.4, -0.2) is 40.6 Å². The molecule has 0 amide bonds. The Kier molecular flexibility index (Phi) is 8.12. The Morgan fingerprint density at radius 2 is 1.71 bits per heavy atom. The lowest BCUT2D eigenvalue weighted by molar-refractivity contribution is -0.147. The summed E-state index contributed by atoms with van der Waals surface area (Å²) in [5, 5.41) is 17.7. The summed E-state index contributed by atoms with van der Waals surface area (Å²) in [4.78, 5) is 34.0. The molecule has 2 atom stereocenters. The normalized spacial score (nSPS) is 13.1. The molecule has 6 heteroatoms. The van der Waals surface area contributed by atoms with Crippen molar-refractivity contribution in [1.82, 2.24) is 0 Å². The number of carboxylic acid groups (broad SMARTS) is 1. The minimum atomic E-state index is -0.899. The summed E-state index contributed by atoms with van der Waals surface area (Å²) in [6.07, 6.45) is 0.141. The van der Waals surface area contributed by atoms with E-state index in [9.17, 15) is 14.4 Å². The molecule has 132 valence electrons. The summed E-state index contributed by atoms with van der Waals surface area (Å²) in [5.74, 6) is -1.77. The molecule has 0 heterocycles. The molecule has 2 unspecified atom stereocenters. The van der Waals surface area contributed by atoms with E-state index in [1.807, 2.05) is 0 Å². The first kappa shape index (κ1) is 19.8. The predicted molar refractivity (Wildman–Crippen MR) is 87.7 cm³/mol. The molecule has 0 aliphatic carbocycles. The number of aliphatic carboxylic acids is 1. The van der Waals surface area contributed by atoms with Gasteiger partial charge in [-0.2, -0.15) is 0 Å². The number of carbonyl (C=O) groups excluding carboxylic acids is 2. The maximum atomic E-state index is 11.8. The molecule has 2 N–H and O–H groups in total. The second-order valence-electron chi connectivity index (χ2n) is 5.91. The number of aliphatic hydroxyl groups is 1. The van der Waals surface area contributed by atoms with E-state index in [1.54, 1.807) is 38.1 Å². The lowest BCUT2D eigenvalue weighted by Crippen LogP contribution is -2.19. The summed E-state index contributed by atoms with van der Waals surface area (Å²) >= 11 is 0. The Hall–Kier alpha value is -2.21. The van der Waals surface area contributed by atoms with E-state index in [0.717, 1.165) is 11.1 Å². The van der Waals surface area contributed by atoms with Crippen LogP contribution in [0, 0.1) is 0 Å². The molecule has 0 saturated carbocycles. The number of benzene rings is 1. The number of carbonyl (C=O) groups is 3. The van der Waals surface area contributed by atoms with Crippen molar-refractivity contribution in [2.45, 2.75) is 51.6 Å². The maximum absolute atomic E-state index is 11.8. The van der Waals surface area contributed by atoms with Gasteiger partial charge in [0.25, 0.3) is 0 Å². The number of hydrogen-bond acceptors (Lipinski definition) is 5. The average molecular weight is 336 g/mol. The molecule has 0 radical (unpaired) electrons. The molecule has 1 aromatic rings. The number of aliphatic hydroxyl groups excluding tert-OH is 1. The first-order chi connectivity index (χ1) is 11.3. The van der Waals surface area contributed by atoms with Gasteiger partial charge in [-0.25, -0.2) is 0 Å². The van der Waals surface area contributed by atoms with Crippen LogP contribution in [0.15, 0.2) is 24.3 Å². The van der Waals surface area contributed by atoms with Gasteiger partial charge in [-0.05, 0) is 31.4 Å². The first-order valence-electron chi connectivity index (χ1n) is 7.96. The lowest BCUT2D eigenvalue weighted by atomic mass is 9.98. The van der Waals surface area contributed by atoms with E-state index in [2.05, 4.69) is 0 Å². The summed E-state index contributed by atoms with van der Waals surface area (Å²) in [5.41, 5.74) is 1.59. The van der Waals surface area contributed by atoms with Crippen LogP contribution in [-0.2, 0) is 25.5 Å². The highest BCUT2D eigenvalue weighted by Gasteiger charge is 2.17. The summed E-state index contributed by atoms with van der Waals surface area (Å²) in [7, 11) is 0. The van der Waals surface area contributed by atoms with Gasteiger partial charge in [0.2, 0.25) is 0 Å². The van der Waals surface area contributed by atoms with E-state index >= 15 is 0 Å². The van der Waals surface area contributed by atoms with Crippen LogP contribution in [0.4, 0.5) is 0 Å². The number of Topliss-reactive ketones (excluding diaryl/α,β-unsaturated/α-hetero) is 1. The van der Waals surface area contributed by atoms with Crippen LogP contribution >= 0.6 is 0 Å². The number of ketones is 1. The first-order valence-corrected chi connectivity index (χ1v) is 7.96. The van der Waals surface area contributed by atoms with Crippen LogP contribution in [0.2, 0.25) is 0 Å². The van der Waals surface area contributed by atoms with Gasteiger partial charge in [-0.3, -0.25) is 14.4 Å².